The van der Waals surface area contributed by atoms with Gasteiger partial charge in [0.2, 0.25) is 0 Å². The first kappa shape index (κ1) is 15.1. The van der Waals surface area contributed by atoms with Gasteiger partial charge in [-0.25, -0.2) is 0 Å². The molecule has 0 saturated heterocycles. The van der Waals surface area contributed by atoms with Crippen molar-refractivity contribution in [2.24, 2.45) is 0 Å². The molecule has 1 unspecified atom stereocenters. The third-order valence-electron chi connectivity index (χ3n) is 3.44. The van der Waals surface area contributed by atoms with E-state index in [2.05, 4.69) is 15.9 Å². The number of benzene rings is 2. The molecular formula is C17H19BrO2. The Balaban J connectivity index is 2.47. The lowest BCUT2D eigenvalue weighted by Crippen LogP contribution is -2.26. The summed E-state index contributed by atoms with van der Waals surface area (Å²) in [6.07, 6.45) is 0.596. The van der Waals surface area contributed by atoms with Crippen LogP contribution in [0.1, 0.15) is 31.4 Å². The van der Waals surface area contributed by atoms with Gasteiger partial charge in [0.15, 0.2) is 0 Å². The van der Waals surface area contributed by atoms with Gasteiger partial charge >= 0.3 is 0 Å². The molecular weight excluding hydrogens is 316 g/mol. The van der Waals surface area contributed by atoms with Gasteiger partial charge in [-0.15, -0.1) is 0 Å². The molecule has 0 aliphatic carbocycles. The van der Waals surface area contributed by atoms with Gasteiger partial charge in [0.25, 0.3) is 0 Å². The third-order valence-corrected chi connectivity index (χ3v) is 3.93. The molecule has 2 aromatic rings. The molecule has 0 aromatic heterocycles. The Morgan fingerprint density at radius 1 is 1.05 bits per heavy atom. The molecule has 1 atom stereocenters. The van der Waals surface area contributed by atoms with Crippen LogP contribution in [0.3, 0.4) is 0 Å². The monoisotopic (exact) mass is 334 g/mol. The maximum absolute atomic E-state index is 11.1. The van der Waals surface area contributed by atoms with Crippen molar-refractivity contribution in [1.29, 1.82) is 0 Å². The lowest BCUT2D eigenvalue weighted by molar-refractivity contribution is 0.0761. The first-order chi connectivity index (χ1) is 9.60. The lowest BCUT2D eigenvalue weighted by Gasteiger charge is -2.28. The van der Waals surface area contributed by atoms with E-state index in [1.165, 1.54) is 0 Å². The topological polar surface area (TPSA) is 29.5 Å². The molecule has 0 fully saturated rings. The molecule has 0 amide bonds. The van der Waals surface area contributed by atoms with Crippen molar-refractivity contribution < 1.29 is 9.84 Å². The van der Waals surface area contributed by atoms with E-state index in [1.54, 1.807) is 0 Å². The van der Waals surface area contributed by atoms with Gasteiger partial charge in [0.1, 0.15) is 11.4 Å². The minimum Gasteiger partial charge on any atom is -0.494 e. The first-order valence-electron chi connectivity index (χ1n) is 6.82. The average Bonchev–Trinajstić information content (AvgIpc) is 2.47. The summed E-state index contributed by atoms with van der Waals surface area (Å²) in [5, 5.41) is 11.1. The molecule has 20 heavy (non-hydrogen) atoms. The van der Waals surface area contributed by atoms with Crippen molar-refractivity contribution in [1.82, 2.24) is 0 Å². The van der Waals surface area contributed by atoms with E-state index in [0.717, 1.165) is 21.3 Å². The van der Waals surface area contributed by atoms with Crippen LogP contribution in [0.25, 0.3) is 0 Å². The highest BCUT2D eigenvalue weighted by Gasteiger charge is 2.29. The fourth-order valence-corrected chi connectivity index (χ4v) is 2.73. The van der Waals surface area contributed by atoms with Crippen molar-refractivity contribution in [2.75, 3.05) is 6.61 Å². The van der Waals surface area contributed by atoms with Gasteiger partial charge in [-0.3, -0.25) is 0 Å². The van der Waals surface area contributed by atoms with E-state index in [1.807, 2.05) is 62.4 Å². The number of ether oxygens (including phenoxy) is 1. The van der Waals surface area contributed by atoms with Gasteiger partial charge in [-0.1, -0.05) is 47.1 Å². The molecule has 2 nitrogen and oxygen atoms in total. The van der Waals surface area contributed by atoms with E-state index in [0.29, 0.717) is 13.0 Å². The average molecular weight is 335 g/mol. The molecule has 2 aromatic carbocycles. The molecule has 0 radical (unpaired) electrons. The third kappa shape index (κ3) is 3.05. The summed E-state index contributed by atoms with van der Waals surface area (Å²) in [4.78, 5) is 0. The minimum absolute atomic E-state index is 0.596. The first-order valence-corrected chi connectivity index (χ1v) is 7.61. The smallest absolute Gasteiger partial charge is 0.119 e. The fraction of sp³-hybridized carbons (Fsp3) is 0.294. The Bertz CT molecular complexity index is 583. The Labute approximate surface area is 128 Å². The van der Waals surface area contributed by atoms with Crippen molar-refractivity contribution >= 4 is 15.9 Å². The largest absolute Gasteiger partial charge is 0.494 e. The van der Waals surface area contributed by atoms with Crippen LogP contribution >= 0.6 is 15.9 Å². The lowest BCUT2D eigenvalue weighted by atomic mass is 9.84. The Hall–Kier alpha value is -1.32. The summed E-state index contributed by atoms with van der Waals surface area (Å²) < 4.78 is 6.49. The van der Waals surface area contributed by atoms with E-state index in [4.69, 9.17) is 4.74 Å². The predicted molar refractivity (Wildman–Crippen MR) is 85.0 cm³/mol. The highest BCUT2D eigenvalue weighted by molar-refractivity contribution is 9.10. The molecule has 0 saturated carbocycles. The highest BCUT2D eigenvalue weighted by Crippen LogP contribution is 2.35. The van der Waals surface area contributed by atoms with Gasteiger partial charge in [-0.05, 0) is 48.7 Å². The SMILES string of the molecule is CCOc1cccc(C(O)(CC)c2cccc(Br)c2)c1. The zero-order chi connectivity index (χ0) is 14.6. The van der Waals surface area contributed by atoms with Gasteiger partial charge in [0, 0.05) is 4.47 Å². The standard InChI is InChI=1S/C17H19BrO2/c1-3-17(19,13-7-5-9-15(18)11-13)14-8-6-10-16(12-14)20-4-2/h5-12,19H,3-4H2,1-2H3. The second-order valence-corrected chi connectivity index (χ2v) is 5.60. The zero-order valence-electron chi connectivity index (χ0n) is 11.8. The molecule has 0 aliphatic heterocycles. The van der Waals surface area contributed by atoms with Crippen LogP contribution in [0.15, 0.2) is 53.0 Å². The molecule has 0 aliphatic rings. The quantitative estimate of drug-likeness (QED) is 0.872. The van der Waals surface area contributed by atoms with Gasteiger partial charge in [0.05, 0.1) is 6.61 Å². The van der Waals surface area contributed by atoms with Crippen LogP contribution in [-0.4, -0.2) is 11.7 Å². The van der Waals surface area contributed by atoms with Crippen LogP contribution in [0.4, 0.5) is 0 Å². The van der Waals surface area contributed by atoms with Crippen molar-refractivity contribution in [3.8, 4) is 5.75 Å². The number of hydrogen-bond acceptors (Lipinski definition) is 2. The Morgan fingerprint density at radius 2 is 1.70 bits per heavy atom. The summed E-state index contributed by atoms with van der Waals surface area (Å²) in [5.74, 6) is 0.784. The second kappa shape index (κ2) is 6.42. The van der Waals surface area contributed by atoms with Crippen LogP contribution in [0.2, 0.25) is 0 Å². The van der Waals surface area contributed by atoms with Crippen molar-refractivity contribution in [2.45, 2.75) is 25.9 Å². The highest BCUT2D eigenvalue weighted by atomic mass is 79.9. The molecule has 3 heteroatoms. The van der Waals surface area contributed by atoms with Crippen molar-refractivity contribution in [3.63, 3.8) is 0 Å². The molecule has 106 valence electrons. The van der Waals surface area contributed by atoms with Crippen LogP contribution in [0.5, 0.6) is 5.75 Å². The number of rotatable bonds is 5. The molecule has 2 rings (SSSR count). The van der Waals surface area contributed by atoms with Gasteiger partial charge < -0.3 is 9.84 Å². The molecule has 0 bridgehead atoms. The maximum Gasteiger partial charge on any atom is 0.119 e. The predicted octanol–water partition coefficient (Wildman–Crippen LogP) is 4.49. The Kier molecular flexibility index (Phi) is 4.84. The number of halogens is 1. The van der Waals surface area contributed by atoms with Crippen molar-refractivity contribution in [3.05, 3.63) is 64.1 Å². The van der Waals surface area contributed by atoms with E-state index in [-0.39, 0.29) is 0 Å². The zero-order valence-corrected chi connectivity index (χ0v) is 13.4. The fourth-order valence-electron chi connectivity index (χ4n) is 2.33. The van der Waals surface area contributed by atoms with E-state index < -0.39 is 5.60 Å². The summed E-state index contributed by atoms with van der Waals surface area (Å²) in [7, 11) is 0. The normalized spacial score (nSPS) is 13.8. The maximum atomic E-state index is 11.1. The second-order valence-electron chi connectivity index (χ2n) is 4.69. The molecule has 0 spiro atoms. The summed E-state index contributed by atoms with van der Waals surface area (Å²) >= 11 is 3.46. The minimum atomic E-state index is -1.00. The summed E-state index contributed by atoms with van der Waals surface area (Å²) in [5.41, 5.74) is 0.726. The molecule has 0 heterocycles. The van der Waals surface area contributed by atoms with Crippen LogP contribution in [0, 0.1) is 0 Å². The summed E-state index contributed by atoms with van der Waals surface area (Å²) in [6, 6.07) is 15.5. The van der Waals surface area contributed by atoms with Crippen LogP contribution in [-0.2, 0) is 5.60 Å². The van der Waals surface area contributed by atoms with Crippen LogP contribution < -0.4 is 4.74 Å². The summed E-state index contributed by atoms with van der Waals surface area (Å²) in [6.45, 7) is 4.55. The molecule has 1 N–H and O–H groups in total. The van der Waals surface area contributed by atoms with E-state index in [9.17, 15) is 5.11 Å². The van der Waals surface area contributed by atoms with Gasteiger partial charge in [-0.2, -0.15) is 0 Å². The Morgan fingerprint density at radius 3 is 2.30 bits per heavy atom. The van der Waals surface area contributed by atoms with E-state index >= 15 is 0 Å². The number of aliphatic hydroxyl groups is 1. The number of hydrogen-bond donors (Lipinski definition) is 1.